The summed E-state index contributed by atoms with van der Waals surface area (Å²) in [7, 11) is -3.92. The van der Waals surface area contributed by atoms with E-state index in [0.717, 1.165) is 46.8 Å². The fraction of sp³-hybridized carbons (Fsp3) is 0.278. The fourth-order valence-corrected chi connectivity index (χ4v) is 4.61. The lowest BCUT2D eigenvalue weighted by atomic mass is 9.98. The van der Waals surface area contributed by atoms with Crippen molar-refractivity contribution in [3.8, 4) is 0 Å². The minimum absolute atomic E-state index is 0.0929. The summed E-state index contributed by atoms with van der Waals surface area (Å²) in [5.74, 6) is -2.81. The summed E-state index contributed by atoms with van der Waals surface area (Å²) >= 11 is 0. The largest absolute Gasteiger partial charge is 0.323 e. The summed E-state index contributed by atoms with van der Waals surface area (Å²) in [5.41, 5.74) is -0.728. The van der Waals surface area contributed by atoms with Gasteiger partial charge in [-0.25, -0.2) is 17.2 Å². The van der Waals surface area contributed by atoms with Crippen molar-refractivity contribution in [1.82, 2.24) is 4.31 Å². The third-order valence-electron chi connectivity index (χ3n) is 4.62. The SMILES string of the molecule is O=C(Nc1cc([N+](=O)[O-])ccc1F)C1CCCN(S(=O)(=O)c2ccc(F)cc2)C1. The molecular weight excluding hydrogens is 408 g/mol. The normalized spacial score (nSPS) is 17.7. The number of nitro benzene ring substituents is 1. The van der Waals surface area contributed by atoms with E-state index in [4.69, 9.17) is 0 Å². The number of benzene rings is 2. The van der Waals surface area contributed by atoms with E-state index >= 15 is 0 Å². The average molecular weight is 425 g/mol. The lowest BCUT2D eigenvalue weighted by molar-refractivity contribution is -0.384. The van der Waals surface area contributed by atoms with Gasteiger partial charge in [-0.1, -0.05) is 0 Å². The first kappa shape index (κ1) is 20.8. The van der Waals surface area contributed by atoms with E-state index in [2.05, 4.69) is 5.32 Å². The monoisotopic (exact) mass is 425 g/mol. The highest BCUT2D eigenvalue weighted by molar-refractivity contribution is 7.89. The Morgan fingerprint density at radius 1 is 1.17 bits per heavy atom. The molecule has 8 nitrogen and oxygen atoms in total. The molecule has 2 aromatic rings. The van der Waals surface area contributed by atoms with Crippen molar-refractivity contribution in [2.45, 2.75) is 17.7 Å². The van der Waals surface area contributed by atoms with Crippen molar-refractivity contribution >= 4 is 27.3 Å². The van der Waals surface area contributed by atoms with Crippen molar-refractivity contribution < 1.29 is 26.9 Å². The zero-order valence-corrected chi connectivity index (χ0v) is 15.9. The maximum absolute atomic E-state index is 13.9. The molecule has 1 amide bonds. The first-order valence-electron chi connectivity index (χ1n) is 8.69. The molecule has 0 saturated carbocycles. The third kappa shape index (κ3) is 4.57. The van der Waals surface area contributed by atoms with Crippen molar-refractivity contribution in [1.29, 1.82) is 0 Å². The van der Waals surface area contributed by atoms with E-state index in [1.54, 1.807) is 0 Å². The molecule has 1 fully saturated rings. The minimum Gasteiger partial charge on any atom is -0.323 e. The maximum atomic E-state index is 13.9. The molecule has 1 aliphatic heterocycles. The highest BCUT2D eigenvalue weighted by Crippen LogP contribution is 2.26. The topological polar surface area (TPSA) is 110 Å². The highest BCUT2D eigenvalue weighted by atomic mass is 32.2. The van der Waals surface area contributed by atoms with Crippen molar-refractivity contribution in [3.05, 3.63) is 64.2 Å². The van der Waals surface area contributed by atoms with Crippen LogP contribution in [-0.4, -0.2) is 36.6 Å². The Hall–Kier alpha value is -2.92. The number of hydrogen-bond donors (Lipinski definition) is 1. The molecule has 0 radical (unpaired) electrons. The van der Waals surface area contributed by atoms with Crippen LogP contribution in [0.2, 0.25) is 0 Å². The Balaban J connectivity index is 1.75. The van der Waals surface area contributed by atoms with Gasteiger partial charge in [-0.3, -0.25) is 14.9 Å². The predicted molar refractivity (Wildman–Crippen MR) is 99.6 cm³/mol. The van der Waals surface area contributed by atoms with Crippen LogP contribution < -0.4 is 5.32 Å². The van der Waals surface area contributed by atoms with Crippen LogP contribution in [0.1, 0.15) is 12.8 Å². The Morgan fingerprint density at radius 2 is 1.86 bits per heavy atom. The number of nitrogens with zero attached hydrogens (tertiary/aromatic N) is 2. The number of piperidine rings is 1. The number of carbonyl (C=O) groups excluding carboxylic acids is 1. The molecule has 0 bridgehead atoms. The Kier molecular flexibility index (Phi) is 5.89. The number of halogens is 2. The fourth-order valence-electron chi connectivity index (χ4n) is 3.09. The van der Waals surface area contributed by atoms with E-state index in [0.29, 0.717) is 12.8 Å². The second kappa shape index (κ2) is 8.21. The van der Waals surface area contributed by atoms with Gasteiger partial charge in [-0.15, -0.1) is 0 Å². The predicted octanol–water partition coefficient (Wildman–Crippen LogP) is 2.91. The van der Waals surface area contributed by atoms with Crippen molar-refractivity contribution in [2.24, 2.45) is 5.92 Å². The summed E-state index contributed by atoms with van der Waals surface area (Å²) < 4.78 is 53.6. The van der Waals surface area contributed by atoms with Crippen LogP contribution in [0.15, 0.2) is 47.4 Å². The second-order valence-corrected chi connectivity index (χ2v) is 8.50. The van der Waals surface area contributed by atoms with Gasteiger partial charge >= 0.3 is 0 Å². The highest BCUT2D eigenvalue weighted by Gasteiger charge is 2.33. The van der Waals surface area contributed by atoms with E-state index in [9.17, 15) is 32.1 Å². The van der Waals surface area contributed by atoms with Gasteiger partial charge in [0.05, 0.1) is 21.4 Å². The summed E-state index contributed by atoms with van der Waals surface area (Å²) in [5, 5.41) is 13.1. The molecule has 1 N–H and O–H groups in total. The quantitative estimate of drug-likeness (QED) is 0.585. The number of anilines is 1. The number of nitro groups is 1. The first-order valence-corrected chi connectivity index (χ1v) is 10.1. The number of non-ortho nitro benzene ring substituents is 1. The summed E-state index contributed by atoms with van der Waals surface area (Å²) in [4.78, 5) is 22.6. The van der Waals surface area contributed by atoms with Crippen LogP contribution >= 0.6 is 0 Å². The molecule has 2 aromatic carbocycles. The zero-order valence-electron chi connectivity index (χ0n) is 15.0. The van der Waals surface area contributed by atoms with Crippen LogP contribution in [0, 0.1) is 27.7 Å². The molecular formula is C18H17F2N3O5S. The molecule has 1 unspecified atom stereocenters. The molecule has 11 heteroatoms. The van der Waals surface area contributed by atoms with Gasteiger partial charge in [-0.05, 0) is 43.2 Å². The standard InChI is InChI=1S/C18H17F2N3O5S/c19-13-3-6-15(7-4-13)29(27,28)22-9-1-2-12(11-22)18(24)21-17-10-14(23(25)26)5-8-16(17)20/h3-8,10,12H,1-2,9,11H2,(H,21,24). The molecule has 29 heavy (non-hydrogen) atoms. The molecule has 1 saturated heterocycles. The number of sulfonamides is 1. The van der Waals surface area contributed by atoms with E-state index in [-0.39, 0.29) is 29.4 Å². The number of rotatable bonds is 5. The van der Waals surface area contributed by atoms with E-state index in [1.807, 2.05) is 0 Å². The molecule has 1 heterocycles. The van der Waals surface area contributed by atoms with E-state index < -0.39 is 38.4 Å². The van der Waals surface area contributed by atoms with Crippen molar-refractivity contribution in [2.75, 3.05) is 18.4 Å². The second-order valence-electron chi connectivity index (χ2n) is 6.57. The van der Waals surface area contributed by atoms with Gasteiger partial charge in [0.25, 0.3) is 5.69 Å². The molecule has 154 valence electrons. The van der Waals surface area contributed by atoms with Gasteiger partial charge in [-0.2, -0.15) is 4.31 Å². The van der Waals surface area contributed by atoms with Crippen molar-refractivity contribution in [3.63, 3.8) is 0 Å². The Bertz CT molecular complexity index is 1040. The van der Waals surface area contributed by atoms with Crippen LogP contribution in [0.5, 0.6) is 0 Å². The molecule has 1 atom stereocenters. The molecule has 0 spiro atoms. The first-order chi connectivity index (χ1) is 13.7. The summed E-state index contributed by atoms with van der Waals surface area (Å²) in [6, 6.07) is 7.11. The molecule has 0 aromatic heterocycles. The average Bonchev–Trinajstić information content (AvgIpc) is 2.70. The van der Waals surface area contributed by atoms with Gasteiger partial charge in [0.1, 0.15) is 11.6 Å². The lowest BCUT2D eigenvalue weighted by Gasteiger charge is -2.31. The minimum atomic E-state index is -3.92. The molecule has 0 aliphatic carbocycles. The molecule has 1 aliphatic rings. The number of hydrogen-bond acceptors (Lipinski definition) is 5. The summed E-state index contributed by atoms with van der Waals surface area (Å²) in [6.07, 6.45) is 0.772. The van der Waals surface area contributed by atoms with Crippen LogP contribution in [0.4, 0.5) is 20.2 Å². The van der Waals surface area contributed by atoms with Gasteiger partial charge in [0.15, 0.2) is 0 Å². The van der Waals surface area contributed by atoms with Gasteiger partial charge in [0.2, 0.25) is 15.9 Å². The number of nitrogens with one attached hydrogen (secondary N) is 1. The zero-order chi connectivity index (χ0) is 21.2. The van der Waals surface area contributed by atoms with Gasteiger partial charge < -0.3 is 5.32 Å². The Labute approximate surface area is 165 Å². The maximum Gasteiger partial charge on any atom is 0.271 e. The van der Waals surface area contributed by atoms with Crippen LogP contribution in [-0.2, 0) is 14.8 Å². The third-order valence-corrected chi connectivity index (χ3v) is 6.50. The number of carbonyl (C=O) groups is 1. The molecule has 3 rings (SSSR count). The van der Waals surface area contributed by atoms with Crippen LogP contribution in [0.3, 0.4) is 0 Å². The number of amides is 1. The lowest BCUT2D eigenvalue weighted by Crippen LogP contribution is -2.43. The summed E-state index contributed by atoms with van der Waals surface area (Å²) in [6.45, 7) is 0.0523. The van der Waals surface area contributed by atoms with Gasteiger partial charge in [0, 0.05) is 25.2 Å². The smallest absolute Gasteiger partial charge is 0.271 e. The van der Waals surface area contributed by atoms with Crippen LogP contribution in [0.25, 0.3) is 0 Å². The Morgan fingerprint density at radius 3 is 2.52 bits per heavy atom. The van der Waals surface area contributed by atoms with E-state index in [1.165, 1.54) is 0 Å².